The Morgan fingerprint density at radius 1 is 1.03 bits per heavy atom. The smallest absolute Gasteiger partial charge is 0.270 e. The van der Waals surface area contributed by atoms with E-state index in [2.05, 4.69) is 20.3 Å². The molecule has 0 aliphatic heterocycles. The molecule has 7 nitrogen and oxygen atoms in total. The van der Waals surface area contributed by atoms with Gasteiger partial charge < -0.3 is 0 Å². The molecule has 32 heavy (non-hydrogen) atoms. The molecule has 0 amide bonds. The highest BCUT2D eigenvalue weighted by atomic mass is 35.5. The molecule has 0 bridgehead atoms. The Hall–Kier alpha value is -3.01. The van der Waals surface area contributed by atoms with Crippen LogP contribution in [0, 0.1) is 13.8 Å². The molecule has 0 spiro atoms. The summed E-state index contributed by atoms with van der Waals surface area (Å²) in [5, 5.41) is 15.2. The van der Waals surface area contributed by atoms with Crippen LogP contribution in [0.4, 0.5) is 0 Å². The maximum Gasteiger partial charge on any atom is 0.275 e. The van der Waals surface area contributed by atoms with Crippen LogP contribution in [0.15, 0.2) is 64.5 Å². The summed E-state index contributed by atoms with van der Waals surface area (Å²) in [6.07, 6.45) is 0. The summed E-state index contributed by atoms with van der Waals surface area (Å²) in [6, 6.07) is 17.2. The van der Waals surface area contributed by atoms with Crippen molar-refractivity contribution in [2.75, 3.05) is 0 Å². The van der Waals surface area contributed by atoms with E-state index >= 15 is 0 Å². The summed E-state index contributed by atoms with van der Waals surface area (Å²) in [5.41, 5.74) is 3.52. The van der Waals surface area contributed by atoms with Crippen molar-refractivity contribution in [2.45, 2.75) is 24.8 Å². The molecule has 0 aliphatic rings. The molecular formula is C22H17ClN6OS2. The molecule has 0 saturated heterocycles. The van der Waals surface area contributed by atoms with E-state index in [1.165, 1.54) is 39.2 Å². The van der Waals surface area contributed by atoms with Crippen molar-refractivity contribution in [1.82, 2.24) is 29.4 Å². The second-order valence-corrected chi connectivity index (χ2v) is 9.71. The Morgan fingerprint density at radius 3 is 2.53 bits per heavy atom. The van der Waals surface area contributed by atoms with E-state index in [-0.39, 0.29) is 5.56 Å². The normalized spacial score (nSPS) is 11.3. The molecule has 5 rings (SSSR count). The molecule has 3 aromatic heterocycles. The van der Waals surface area contributed by atoms with Crippen molar-refractivity contribution in [3.8, 4) is 17.1 Å². The maximum atomic E-state index is 12.4. The van der Waals surface area contributed by atoms with Gasteiger partial charge in [0.2, 0.25) is 4.96 Å². The summed E-state index contributed by atoms with van der Waals surface area (Å²) >= 11 is 8.97. The molecule has 0 aliphatic carbocycles. The Morgan fingerprint density at radius 2 is 1.78 bits per heavy atom. The molecule has 3 heterocycles. The van der Waals surface area contributed by atoms with Crippen LogP contribution in [0.3, 0.4) is 0 Å². The highest BCUT2D eigenvalue weighted by molar-refractivity contribution is 7.98. The van der Waals surface area contributed by atoms with Crippen LogP contribution in [-0.4, -0.2) is 29.4 Å². The summed E-state index contributed by atoms with van der Waals surface area (Å²) in [4.78, 5) is 17.5. The monoisotopic (exact) mass is 480 g/mol. The van der Waals surface area contributed by atoms with Crippen molar-refractivity contribution < 1.29 is 0 Å². The minimum Gasteiger partial charge on any atom is -0.270 e. The predicted octanol–water partition coefficient (Wildman–Crippen LogP) is 4.96. The Balaban J connectivity index is 1.53. The van der Waals surface area contributed by atoms with Gasteiger partial charge in [0.25, 0.3) is 5.56 Å². The van der Waals surface area contributed by atoms with Crippen molar-refractivity contribution in [2.24, 2.45) is 0 Å². The summed E-state index contributed by atoms with van der Waals surface area (Å²) in [5.74, 6) is 1.21. The fourth-order valence-corrected chi connectivity index (χ4v) is 4.98. The third-order valence-corrected chi connectivity index (χ3v) is 6.81. The largest absolute Gasteiger partial charge is 0.275 e. The van der Waals surface area contributed by atoms with Gasteiger partial charge in [-0.25, -0.2) is 4.98 Å². The maximum absolute atomic E-state index is 12.4. The number of nitrogens with zero attached hydrogens (tertiary/aromatic N) is 6. The second kappa shape index (κ2) is 8.50. The molecule has 0 fully saturated rings. The number of halogens is 1. The Labute approximate surface area is 196 Å². The number of hydrogen-bond acceptors (Lipinski definition) is 7. The van der Waals surface area contributed by atoms with Gasteiger partial charge in [0.15, 0.2) is 11.0 Å². The molecule has 2 aromatic carbocycles. The summed E-state index contributed by atoms with van der Waals surface area (Å²) < 4.78 is 3.33. The zero-order valence-electron chi connectivity index (χ0n) is 17.2. The van der Waals surface area contributed by atoms with Gasteiger partial charge in [0, 0.05) is 28.1 Å². The van der Waals surface area contributed by atoms with Crippen LogP contribution in [0.1, 0.15) is 16.3 Å². The van der Waals surface area contributed by atoms with Gasteiger partial charge in [0.05, 0.1) is 5.69 Å². The van der Waals surface area contributed by atoms with Gasteiger partial charge >= 0.3 is 0 Å². The quantitative estimate of drug-likeness (QED) is 0.331. The fraction of sp³-hybridized carbons (Fsp3) is 0.136. The molecule has 160 valence electrons. The van der Waals surface area contributed by atoms with Crippen LogP contribution in [-0.2, 0) is 5.75 Å². The van der Waals surface area contributed by atoms with Gasteiger partial charge in [-0.15, -0.1) is 10.2 Å². The van der Waals surface area contributed by atoms with Crippen molar-refractivity contribution in [3.05, 3.63) is 86.2 Å². The lowest BCUT2D eigenvalue weighted by Crippen LogP contribution is -2.15. The first-order chi connectivity index (χ1) is 15.5. The number of benzene rings is 2. The van der Waals surface area contributed by atoms with Gasteiger partial charge in [-0.05, 0) is 38.1 Å². The first-order valence-electron chi connectivity index (χ1n) is 9.75. The van der Waals surface area contributed by atoms with E-state index in [0.29, 0.717) is 26.6 Å². The number of aromatic nitrogens is 6. The highest BCUT2D eigenvalue weighted by Crippen LogP contribution is 2.30. The minimum atomic E-state index is -0.186. The Bertz CT molecular complexity index is 1470. The van der Waals surface area contributed by atoms with Gasteiger partial charge in [-0.1, -0.05) is 64.5 Å². The molecule has 0 saturated carbocycles. The highest BCUT2D eigenvalue weighted by Gasteiger charge is 2.17. The van der Waals surface area contributed by atoms with E-state index in [0.717, 1.165) is 22.1 Å². The van der Waals surface area contributed by atoms with Crippen LogP contribution >= 0.6 is 34.7 Å². The van der Waals surface area contributed by atoms with Crippen LogP contribution in [0.5, 0.6) is 0 Å². The molecule has 0 N–H and O–H groups in total. The van der Waals surface area contributed by atoms with Crippen LogP contribution in [0.25, 0.3) is 22.0 Å². The average molecular weight is 481 g/mol. The lowest BCUT2D eigenvalue weighted by Gasteiger charge is -2.11. The zero-order chi connectivity index (χ0) is 22.2. The molecule has 0 radical (unpaired) electrons. The zero-order valence-corrected chi connectivity index (χ0v) is 19.6. The van der Waals surface area contributed by atoms with E-state index in [4.69, 9.17) is 11.6 Å². The lowest BCUT2D eigenvalue weighted by atomic mass is 10.1. The first kappa shape index (κ1) is 20.9. The summed E-state index contributed by atoms with van der Waals surface area (Å²) in [7, 11) is 0. The molecule has 10 heteroatoms. The molecule has 5 aromatic rings. The number of fused-ring (bicyclic) bond motifs is 1. The lowest BCUT2D eigenvalue weighted by molar-refractivity contribution is 0.868. The summed E-state index contributed by atoms with van der Waals surface area (Å²) in [6.45, 7) is 3.90. The van der Waals surface area contributed by atoms with Crippen molar-refractivity contribution in [1.29, 1.82) is 0 Å². The Kier molecular flexibility index (Phi) is 5.54. The topological polar surface area (TPSA) is 78.0 Å². The predicted molar refractivity (Wildman–Crippen MR) is 128 cm³/mol. The second-order valence-electron chi connectivity index (χ2n) is 7.17. The van der Waals surface area contributed by atoms with Gasteiger partial charge in [0.1, 0.15) is 5.01 Å². The van der Waals surface area contributed by atoms with Crippen LogP contribution in [0.2, 0.25) is 5.02 Å². The molecular weight excluding hydrogens is 464 g/mol. The van der Waals surface area contributed by atoms with E-state index in [1.54, 1.807) is 0 Å². The number of rotatable bonds is 5. The number of thioether (sulfide) groups is 1. The van der Waals surface area contributed by atoms with E-state index in [1.807, 2.05) is 66.9 Å². The third kappa shape index (κ3) is 4.06. The van der Waals surface area contributed by atoms with Crippen molar-refractivity contribution >= 4 is 39.7 Å². The molecule has 0 atom stereocenters. The SMILES string of the molecule is Cc1ccc(-c2nnc(SCc3cc(=O)n4nc(C)sc4n3)n2-c2ccc(Cl)cc2)cc1. The average Bonchev–Trinajstić information content (AvgIpc) is 3.37. The molecule has 0 unspecified atom stereocenters. The number of hydrogen-bond donors (Lipinski definition) is 0. The van der Waals surface area contributed by atoms with E-state index < -0.39 is 0 Å². The first-order valence-corrected chi connectivity index (χ1v) is 11.9. The third-order valence-electron chi connectivity index (χ3n) is 4.78. The van der Waals surface area contributed by atoms with E-state index in [9.17, 15) is 4.79 Å². The fourth-order valence-electron chi connectivity index (χ4n) is 3.24. The van der Waals surface area contributed by atoms with Crippen molar-refractivity contribution in [3.63, 3.8) is 0 Å². The standard InChI is InChI=1S/C22H17ClN6OS2/c1-13-3-5-15(6-4-13)20-25-26-22(28(20)18-9-7-16(23)8-10-18)31-12-17-11-19(30)29-21(24-17)32-14(2)27-29/h3-11H,12H2,1-2H3. The van der Waals surface area contributed by atoms with Gasteiger partial charge in [-0.3, -0.25) is 9.36 Å². The minimum absolute atomic E-state index is 0.186. The van der Waals surface area contributed by atoms with Gasteiger partial charge in [-0.2, -0.15) is 9.61 Å². The van der Waals surface area contributed by atoms with Crippen LogP contribution < -0.4 is 5.56 Å². The number of aryl methyl sites for hydroxylation is 2.